The predicted octanol–water partition coefficient (Wildman–Crippen LogP) is 4.15. The van der Waals surface area contributed by atoms with Gasteiger partial charge in [-0.05, 0) is 25.0 Å². The van der Waals surface area contributed by atoms with Crippen molar-refractivity contribution >= 4 is 21.8 Å². The first-order chi connectivity index (χ1) is 10.9. The lowest BCUT2D eigenvalue weighted by molar-refractivity contribution is 0.489. The molecule has 1 aromatic rings. The van der Waals surface area contributed by atoms with Gasteiger partial charge in [-0.15, -0.1) is 0 Å². The highest BCUT2D eigenvalue weighted by Crippen LogP contribution is 2.41. The smallest absolute Gasteiger partial charge is 0.245 e. The second-order valence-corrected chi connectivity index (χ2v) is 8.63. The fourth-order valence-electron chi connectivity index (χ4n) is 3.45. The van der Waals surface area contributed by atoms with Crippen LogP contribution in [0.5, 0.6) is 0 Å². The molecular weight excluding hydrogens is 306 g/mol. The van der Waals surface area contributed by atoms with E-state index >= 15 is 0 Å². The molecule has 0 saturated carbocycles. The summed E-state index contributed by atoms with van der Waals surface area (Å²) in [7, 11) is -3.54. The Bertz CT molecular complexity index is 804. The molecule has 1 aliphatic carbocycles. The maximum Gasteiger partial charge on any atom is 0.245 e. The highest BCUT2D eigenvalue weighted by atomic mass is 32.2. The van der Waals surface area contributed by atoms with Gasteiger partial charge in [0.2, 0.25) is 10.0 Å². The fourth-order valence-corrected chi connectivity index (χ4v) is 5.48. The Morgan fingerprint density at radius 1 is 1.30 bits per heavy atom. The lowest BCUT2D eigenvalue weighted by Crippen LogP contribution is -2.51. The summed E-state index contributed by atoms with van der Waals surface area (Å²) in [5, 5.41) is 0. The number of hydrogen-bond donors (Lipinski definition) is 0. The van der Waals surface area contributed by atoms with Gasteiger partial charge in [0.15, 0.2) is 0 Å². The van der Waals surface area contributed by atoms with E-state index in [1.807, 2.05) is 68.5 Å². The number of para-hydroxylation sites is 1. The highest BCUT2D eigenvalue weighted by molar-refractivity contribution is 7.94. The maximum atomic E-state index is 13.5. The van der Waals surface area contributed by atoms with E-state index in [9.17, 15) is 8.42 Å². The van der Waals surface area contributed by atoms with Gasteiger partial charge in [0, 0.05) is 5.92 Å². The summed E-state index contributed by atoms with van der Waals surface area (Å²) in [6, 6.07) is 7.66. The molecule has 1 aromatic carbocycles. The normalized spacial score (nSPS) is 26.8. The van der Waals surface area contributed by atoms with Gasteiger partial charge in [0.25, 0.3) is 0 Å². The zero-order chi connectivity index (χ0) is 16.7. The van der Waals surface area contributed by atoms with Crippen LogP contribution in [0, 0.1) is 5.92 Å². The van der Waals surface area contributed by atoms with Crippen LogP contribution in [0.1, 0.15) is 32.8 Å². The van der Waals surface area contributed by atoms with Gasteiger partial charge in [-0.1, -0.05) is 68.0 Å². The second kappa shape index (κ2) is 5.68. The number of nitrogens with zero attached hydrogens (tertiary/aromatic N) is 1. The number of anilines is 1. The molecule has 2 aliphatic rings. The Hall–Kier alpha value is -1.81. The van der Waals surface area contributed by atoms with Crippen LogP contribution in [-0.4, -0.2) is 19.7 Å². The number of fused-ring (bicyclic) bond motifs is 1. The van der Waals surface area contributed by atoms with Crippen molar-refractivity contribution in [2.45, 2.75) is 31.9 Å². The van der Waals surface area contributed by atoms with Crippen LogP contribution >= 0.6 is 0 Å². The van der Waals surface area contributed by atoms with E-state index in [1.165, 1.54) is 5.57 Å². The molecule has 0 radical (unpaired) electrons. The fraction of sp³-hybridized carbons (Fsp3) is 0.368. The molecule has 0 spiro atoms. The van der Waals surface area contributed by atoms with Crippen LogP contribution in [-0.2, 0) is 10.0 Å². The first-order valence-electron chi connectivity index (χ1n) is 8.08. The van der Waals surface area contributed by atoms with E-state index in [0.717, 1.165) is 17.7 Å². The summed E-state index contributed by atoms with van der Waals surface area (Å²) in [6.45, 7) is 6.32. The number of allylic oxidation sites excluding steroid dienone is 3. The zero-order valence-electron chi connectivity index (χ0n) is 13.9. The van der Waals surface area contributed by atoms with E-state index in [4.69, 9.17) is 0 Å². The Morgan fingerprint density at radius 2 is 2.04 bits per heavy atom. The van der Waals surface area contributed by atoms with Crippen molar-refractivity contribution in [3.8, 4) is 0 Å². The molecule has 23 heavy (non-hydrogen) atoms. The van der Waals surface area contributed by atoms with Gasteiger partial charge in [0.1, 0.15) is 4.75 Å². The molecule has 0 aromatic heterocycles. The zero-order valence-corrected chi connectivity index (χ0v) is 14.7. The average Bonchev–Trinajstić information content (AvgIpc) is 2.56. The standard InChI is InChI=1S/C19H23NO2S/c1-4-16-10-7-13-19(3,15(16)2)23(21,22)20-14-8-11-17-9-5-6-12-18(17)20/h5-13,15H,4,14H2,1-3H3. The molecule has 0 amide bonds. The number of sulfonamides is 1. The predicted molar refractivity (Wildman–Crippen MR) is 96.8 cm³/mol. The summed E-state index contributed by atoms with van der Waals surface area (Å²) in [6.07, 6.45) is 10.5. The molecule has 1 heterocycles. The summed E-state index contributed by atoms with van der Waals surface area (Å²) in [4.78, 5) is 0. The van der Waals surface area contributed by atoms with Crippen molar-refractivity contribution in [1.82, 2.24) is 0 Å². The summed E-state index contributed by atoms with van der Waals surface area (Å²) < 4.78 is 27.7. The van der Waals surface area contributed by atoms with E-state index in [0.29, 0.717) is 6.54 Å². The Morgan fingerprint density at radius 3 is 2.78 bits per heavy atom. The third-order valence-electron chi connectivity index (χ3n) is 5.18. The van der Waals surface area contributed by atoms with Gasteiger partial charge in [-0.25, -0.2) is 8.42 Å². The molecule has 0 bridgehead atoms. The first kappa shape index (κ1) is 16.1. The minimum absolute atomic E-state index is 0.0411. The number of hydrogen-bond acceptors (Lipinski definition) is 2. The quantitative estimate of drug-likeness (QED) is 0.835. The van der Waals surface area contributed by atoms with Gasteiger partial charge in [-0.2, -0.15) is 0 Å². The molecule has 2 unspecified atom stereocenters. The molecule has 0 fully saturated rings. The van der Waals surface area contributed by atoms with Crippen LogP contribution in [0.3, 0.4) is 0 Å². The van der Waals surface area contributed by atoms with Crippen molar-refractivity contribution in [1.29, 1.82) is 0 Å². The Kier molecular flexibility index (Phi) is 3.96. The third-order valence-corrected chi connectivity index (χ3v) is 7.71. The topological polar surface area (TPSA) is 37.4 Å². The van der Waals surface area contributed by atoms with Crippen molar-refractivity contribution in [3.63, 3.8) is 0 Å². The minimum Gasteiger partial charge on any atom is -0.265 e. The lowest BCUT2D eigenvalue weighted by atomic mass is 9.83. The Balaban J connectivity index is 2.08. The summed E-state index contributed by atoms with van der Waals surface area (Å²) in [5.74, 6) is -0.0411. The molecule has 0 saturated heterocycles. The highest BCUT2D eigenvalue weighted by Gasteiger charge is 2.47. The molecule has 3 nitrogen and oxygen atoms in total. The largest absolute Gasteiger partial charge is 0.265 e. The van der Waals surface area contributed by atoms with Crippen LogP contribution in [0.2, 0.25) is 0 Å². The number of benzene rings is 1. The molecule has 0 N–H and O–H groups in total. The molecule has 3 rings (SSSR count). The van der Waals surface area contributed by atoms with E-state index in [2.05, 4.69) is 6.92 Å². The van der Waals surface area contributed by atoms with Gasteiger partial charge in [0.05, 0.1) is 12.2 Å². The molecule has 4 heteroatoms. The Labute approximate surface area is 139 Å². The second-order valence-electron chi connectivity index (χ2n) is 6.36. The van der Waals surface area contributed by atoms with Gasteiger partial charge in [-0.3, -0.25) is 4.31 Å². The van der Waals surface area contributed by atoms with Crippen LogP contribution in [0.25, 0.3) is 6.08 Å². The molecule has 2 atom stereocenters. The minimum atomic E-state index is -3.54. The summed E-state index contributed by atoms with van der Waals surface area (Å²) >= 11 is 0. The van der Waals surface area contributed by atoms with E-state index in [1.54, 1.807) is 4.31 Å². The van der Waals surface area contributed by atoms with Gasteiger partial charge >= 0.3 is 0 Å². The monoisotopic (exact) mass is 329 g/mol. The van der Waals surface area contributed by atoms with Crippen LogP contribution in [0.4, 0.5) is 5.69 Å². The van der Waals surface area contributed by atoms with E-state index < -0.39 is 14.8 Å². The van der Waals surface area contributed by atoms with Crippen molar-refractivity contribution in [2.75, 3.05) is 10.8 Å². The van der Waals surface area contributed by atoms with Crippen LogP contribution in [0.15, 0.2) is 54.1 Å². The van der Waals surface area contributed by atoms with Crippen LogP contribution < -0.4 is 4.31 Å². The van der Waals surface area contributed by atoms with Crippen molar-refractivity contribution < 1.29 is 8.42 Å². The lowest BCUT2D eigenvalue weighted by Gasteiger charge is -2.41. The number of rotatable bonds is 3. The molecular formula is C19H23NO2S. The van der Waals surface area contributed by atoms with Crippen molar-refractivity contribution in [3.05, 3.63) is 59.7 Å². The first-order valence-corrected chi connectivity index (χ1v) is 9.52. The van der Waals surface area contributed by atoms with Gasteiger partial charge < -0.3 is 0 Å². The third kappa shape index (κ3) is 2.36. The molecule has 122 valence electrons. The SMILES string of the molecule is CCC1=CC=CC(C)(S(=O)(=O)N2CC=Cc3ccccc32)C1C. The van der Waals surface area contributed by atoms with E-state index in [-0.39, 0.29) is 5.92 Å². The van der Waals surface area contributed by atoms with Crippen molar-refractivity contribution in [2.24, 2.45) is 5.92 Å². The summed E-state index contributed by atoms with van der Waals surface area (Å²) in [5.41, 5.74) is 2.90. The maximum absolute atomic E-state index is 13.5. The average molecular weight is 329 g/mol. The molecule has 1 aliphatic heterocycles.